The number of aromatic nitrogens is 3. The Morgan fingerprint density at radius 2 is 1.87 bits per heavy atom. The third kappa shape index (κ3) is 4.09. The van der Waals surface area contributed by atoms with Gasteiger partial charge in [-0.25, -0.2) is 0 Å². The van der Waals surface area contributed by atoms with E-state index in [4.69, 9.17) is 23.2 Å². The first-order chi connectivity index (χ1) is 11.1. The third-order valence-corrected chi connectivity index (χ3v) is 3.57. The molecule has 0 radical (unpaired) electrons. The maximum Gasteiger partial charge on any atom is 0.249 e. The molecule has 0 saturated carbocycles. The predicted octanol–water partition coefficient (Wildman–Crippen LogP) is 4.97. The quantitative estimate of drug-likeness (QED) is 0.698. The van der Waals surface area contributed by atoms with Crippen molar-refractivity contribution in [2.75, 3.05) is 10.6 Å². The first kappa shape index (κ1) is 15.5. The number of halogens is 2. The molecule has 2 aromatic carbocycles. The number of nitrogens with one attached hydrogen (secondary N) is 2. The second-order valence-electron chi connectivity index (χ2n) is 4.91. The van der Waals surface area contributed by atoms with E-state index in [-0.39, 0.29) is 0 Å². The maximum atomic E-state index is 6.14. The molecule has 0 saturated heterocycles. The fraction of sp³-hybridized carbons (Fsp3) is 0.0625. The third-order valence-electron chi connectivity index (χ3n) is 3.03. The molecule has 0 atom stereocenters. The van der Waals surface area contributed by atoms with Gasteiger partial charge >= 0.3 is 0 Å². The van der Waals surface area contributed by atoms with E-state index in [1.807, 2.05) is 31.2 Å². The van der Waals surface area contributed by atoms with Crippen molar-refractivity contribution in [3.63, 3.8) is 0 Å². The molecule has 116 valence electrons. The molecule has 0 unspecified atom stereocenters. The minimum absolute atomic E-state index is 0.394. The van der Waals surface area contributed by atoms with Crippen LogP contribution in [0.25, 0.3) is 0 Å². The van der Waals surface area contributed by atoms with E-state index < -0.39 is 0 Å². The number of nitrogens with zero attached hydrogens (tertiary/aromatic N) is 3. The van der Waals surface area contributed by atoms with Crippen molar-refractivity contribution in [2.45, 2.75) is 6.92 Å². The highest BCUT2D eigenvalue weighted by atomic mass is 35.5. The number of aryl methyl sites for hydroxylation is 1. The van der Waals surface area contributed by atoms with Gasteiger partial charge in [0.15, 0.2) is 5.82 Å². The second-order valence-corrected chi connectivity index (χ2v) is 5.75. The van der Waals surface area contributed by atoms with Crippen molar-refractivity contribution in [1.82, 2.24) is 15.2 Å². The predicted molar refractivity (Wildman–Crippen MR) is 94.0 cm³/mol. The van der Waals surface area contributed by atoms with Gasteiger partial charge < -0.3 is 10.6 Å². The lowest BCUT2D eigenvalue weighted by atomic mass is 10.2. The van der Waals surface area contributed by atoms with E-state index >= 15 is 0 Å². The van der Waals surface area contributed by atoms with Crippen LogP contribution < -0.4 is 10.6 Å². The van der Waals surface area contributed by atoms with Crippen LogP contribution in [0.1, 0.15) is 5.56 Å². The number of anilines is 4. The molecule has 0 aliphatic carbocycles. The van der Waals surface area contributed by atoms with Crippen LogP contribution in [0.5, 0.6) is 0 Å². The molecule has 0 fully saturated rings. The van der Waals surface area contributed by atoms with Gasteiger partial charge in [0.2, 0.25) is 5.95 Å². The monoisotopic (exact) mass is 345 g/mol. The summed E-state index contributed by atoms with van der Waals surface area (Å²) < 4.78 is 0. The Kier molecular flexibility index (Phi) is 4.60. The van der Waals surface area contributed by atoms with Gasteiger partial charge in [0.1, 0.15) is 0 Å². The number of benzene rings is 2. The molecule has 1 heterocycles. The van der Waals surface area contributed by atoms with E-state index in [0.717, 1.165) is 11.3 Å². The lowest BCUT2D eigenvalue weighted by molar-refractivity contribution is 0.982. The molecule has 0 aliphatic heterocycles. The Morgan fingerprint density at radius 1 is 1.00 bits per heavy atom. The number of hydrogen-bond donors (Lipinski definition) is 2. The van der Waals surface area contributed by atoms with Gasteiger partial charge in [-0.15, -0.1) is 5.10 Å². The zero-order valence-electron chi connectivity index (χ0n) is 12.2. The van der Waals surface area contributed by atoms with Gasteiger partial charge in [-0.2, -0.15) is 10.1 Å². The molecule has 3 aromatic rings. The lowest BCUT2D eigenvalue weighted by Crippen LogP contribution is -2.02. The summed E-state index contributed by atoms with van der Waals surface area (Å²) in [6.45, 7) is 2.02. The van der Waals surface area contributed by atoms with Crippen LogP contribution in [0.4, 0.5) is 23.1 Å². The minimum Gasteiger partial charge on any atom is -0.338 e. The van der Waals surface area contributed by atoms with E-state index in [2.05, 4.69) is 25.8 Å². The Labute approximate surface area is 143 Å². The summed E-state index contributed by atoms with van der Waals surface area (Å²) in [5, 5.41) is 15.2. The largest absolute Gasteiger partial charge is 0.338 e. The SMILES string of the molecule is Cc1cccc(Nc2nncc(Nc3ccc(Cl)cc3Cl)n2)c1. The summed E-state index contributed by atoms with van der Waals surface area (Å²) in [5.41, 5.74) is 2.73. The average Bonchev–Trinajstić information content (AvgIpc) is 2.51. The summed E-state index contributed by atoms with van der Waals surface area (Å²) >= 11 is 12.0. The lowest BCUT2D eigenvalue weighted by Gasteiger charge is -2.09. The van der Waals surface area contributed by atoms with Crippen molar-refractivity contribution in [3.05, 3.63) is 64.3 Å². The minimum atomic E-state index is 0.394. The van der Waals surface area contributed by atoms with Gasteiger partial charge in [-0.1, -0.05) is 35.3 Å². The van der Waals surface area contributed by atoms with E-state index in [1.54, 1.807) is 18.2 Å². The standard InChI is InChI=1S/C16H13Cl2N5/c1-10-3-2-4-12(7-10)20-16-22-15(9-19-23-16)21-14-6-5-11(17)8-13(14)18/h2-9H,1H3,(H2,20,21,22,23). The molecule has 23 heavy (non-hydrogen) atoms. The maximum absolute atomic E-state index is 6.14. The summed E-state index contributed by atoms with van der Waals surface area (Å²) in [5.74, 6) is 0.921. The van der Waals surface area contributed by atoms with Crippen LogP contribution in [0.3, 0.4) is 0 Å². The Bertz CT molecular complexity index is 838. The van der Waals surface area contributed by atoms with Gasteiger partial charge in [-0.05, 0) is 42.8 Å². The van der Waals surface area contributed by atoms with Crippen molar-refractivity contribution >= 4 is 46.3 Å². The topological polar surface area (TPSA) is 62.7 Å². The Morgan fingerprint density at radius 3 is 2.65 bits per heavy atom. The fourth-order valence-electron chi connectivity index (χ4n) is 2.00. The van der Waals surface area contributed by atoms with Crippen molar-refractivity contribution in [3.8, 4) is 0 Å². The zero-order chi connectivity index (χ0) is 16.2. The van der Waals surface area contributed by atoms with Gasteiger partial charge in [-0.3, -0.25) is 0 Å². The molecular weight excluding hydrogens is 333 g/mol. The van der Waals surface area contributed by atoms with Crippen LogP contribution in [-0.2, 0) is 0 Å². The molecule has 0 aliphatic rings. The van der Waals surface area contributed by atoms with Crippen molar-refractivity contribution < 1.29 is 0 Å². The van der Waals surface area contributed by atoms with Gasteiger partial charge in [0, 0.05) is 10.7 Å². The highest BCUT2D eigenvalue weighted by molar-refractivity contribution is 6.36. The highest BCUT2D eigenvalue weighted by Gasteiger charge is 2.05. The molecule has 5 nitrogen and oxygen atoms in total. The van der Waals surface area contributed by atoms with E-state index in [1.165, 1.54) is 6.20 Å². The first-order valence-corrected chi connectivity index (χ1v) is 7.61. The summed E-state index contributed by atoms with van der Waals surface area (Å²) in [7, 11) is 0. The fourth-order valence-corrected chi connectivity index (χ4v) is 2.45. The van der Waals surface area contributed by atoms with Crippen molar-refractivity contribution in [2.24, 2.45) is 0 Å². The summed E-state index contributed by atoms with van der Waals surface area (Å²) in [6.07, 6.45) is 1.52. The molecule has 0 spiro atoms. The molecule has 3 rings (SSSR count). The summed E-state index contributed by atoms with van der Waals surface area (Å²) in [4.78, 5) is 4.37. The molecule has 0 bridgehead atoms. The van der Waals surface area contributed by atoms with Crippen LogP contribution >= 0.6 is 23.2 Å². The van der Waals surface area contributed by atoms with Gasteiger partial charge in [0.05, 0.1) is 16.9 Å². The normalized spacial score (nSPS) is 10.4. The Balaban J connectivity index is 1.79. The van der Waals surface area contributed by atoms with Gasteiger partial charge in [0.25, 0.3) is 0 Å². The first-order valence-electron chi connectivity index (χ1n) is 6.86. The van der Waals surface area contributed by atoms with Crippen molar-refractivity contribution in [1.29, 1.82) is 0 Å². The van der Waals surface area contributed by atoms with Crippen LogP contribution in [-0.4, -0.2) is 15.2 Å². The Hall–Kier alpha value is -2.37. The number of hydrogen-bond acceptors (Lipinski definition) is 5. The molecule has 1 aromatic heterocycles. The second kappa shape index (κ2) is 6.81. The van der Waals surface area contributed by atoms with E-state index in [9.17, 15) is 0 Å². The molecule has 0 amide bonds. The molecule has 7 heteroatoms. The van der Waals surface area contributed by atoms with Crippen LogP contribution in [0.15, 0.2) is 48.7 Å². The molecular formula is C16H13Cl2N5. The van der Waals surface area contributed by atoms with Crippen LogP contribution in [0.2, 0.25) is 10.0 Å². The zero-order valence-corrected chi connectivity index (χ0v) is 13.7. The van der Waals surface area contributed by atoms with Crippen LogP contribution in [0, 0.1) is 6.92 Å². The average molecular weight is 346 g/mol. The van der Waals surface area contributed by atoms with E-state index in [0.29, 0.717) is 27.5 Å². The highest BCUT2D eigenvalue weighted by Crippen LogP contribution is 2.27. The number of rotatable bonds is 4. The smallest absolute Gasteiger partial charge is 0.249 e. The summed E-state index contributed by atoms with van der Waals surface area (Å²) in [6, 6.07) is 13.1. The molecule has 2 N–H and O–H groups in total.